The minimum absolute atomic E-state index is 0.00280. The maximum Gasteiger partial charge on any atom is 0.418 e. The Morgan fingerprint density at radius 3 is 2.26 bits per heavy atom. The molecule has 1 saturated heterocycles. The first kappa shape index (κ1) is 27.3. The molecular weight excluding hydrogens is 496 g/mol. The zero-order valence-electron chi connectivity index (χ0n) is 22.3. The molecule has 198 valence electrons. The number of hydrogen-bond donors (Lipinski definition) is 1. The fourth-order valence-electron chi connectivity index (χ4n) is 4.09. The Kier molecular flexibility index (Phi) is 8.17. The Bertz CT molecular complexity index is 1280. The van der Waals surface area contributed by atoms with Crippen LogP contribution < -0.4 is 5.32 Å². The zero-order valence-corrected chi connectivity index (χ0v) is 23.1. The molecular formula is C31H34N2O4S. The van der Waals surface area contributed by atoms with Gasteiger partial charge in [0.25, 0.3) is 5.91 Å². The maximum absolute atomic E-state index is 13.2. The van der Waals surface area contributed by atoms with Crippen LogP contribution in [-0.2, 0) is 20.7 Å². The number of carbonyl (C=O) groups excluding carboxylic acids is 2. The third-order valence-electron chi connectivity index (χ3n) is 6.16. The van der Waals surface area contributed by atoms with E-state index in [2.05, 4.69) is 60.4 Å². The Labute approximate surface area is 229 Å². The number of anilines is 1. The molecule has 3 aromatic carbocycles. The van der Waals surface area contributed by atoms with Crippen LogP contribution in [-0.4, -0.2) is 40.4 Å². The summed E-state index contributed by atoms with van der Waals surface area (Å²) in [7, 11) is 0. The SMILES string of the molecule is C=C1OC[C@@](C)(C(=O)Nc2ccc(SCCc3ccc(-c4ccccc4)cc3)cc2)N1C(=O)OC(C)(C)C. The fraction of sp³-hybridized carbons (Fsp3) is 0.290. The number of ether oxygens (including phenoxy) is 2. The lowest BCUT2D eigenvalue weighted by Crippen LogP contribution is -2.55. The van der Waals surface area contributed by atoms with Gasteiger partial charge in [0.05, 0.1) is 0 Å². The molecule has 1 aliphatic heterocycles. The molecule has 2 amide bonds. The molecule has 7 heteroatoms. The molecule has 1 atom stereocenters. The van der Waals surface area contributed by atoms with E-state index in [0.717, 1.165) is 17.1 Å². The van der Waals surface area contributed by atoms with E-state index in [-0.39, 0.29) is 18.4 Å². The smallest absolute Gasteiger partial charge is 0.418 e. The Morgan fingerprint density at radius 2 is 1.63 bits per heavy atom. The van der Waals surface area contributed by atoms with Crippen LogP contribution in [0.5, 0.6) is 0 Å². The van der Waals surface area contributed by atoms with Crippen molar-refractivity contribution in [2.24, 2.45) is 0 Å². The Morgan fingerprint density at radius 1 is 1.00 bits per heavy atom. The molecule has 0 aromatic heterocycles. The summed E-state index contributed by atoms with van der Waals surface area (Å²) in [4.78, 5) is 28.3. The highest BCUT2D eigenvalue weighted by atomic mass is 32.2. The molecule has 1 fully saturated rings. The molecule has 1 heterocycles. The van der Waals surface area contributed by atoms with Crippen molar-refractivity contribution in [2.45, 2.75) is 50.2 Å². The standard InChI is InChI=1S/C31H34N2O4S/c1-22-33(29(35)37-30(2,3)4)31(5,21-36-22)28(34)32-26-15-17-27(18-16-26)38-20-19-23-11-13-25(14-12-23)24-9-7-6-8-10-24/h6-18H,1,19-21H2,2-5H3,(H,32,34)/t31-/m0/s1. The third kappa shape index (κ3) is 6.58. The van der Waals surface area contributed by atoms with Crippen molar-refractivity contribution in [2.75, 3.05) is 17.7 Å². The van der Waals surface area contributed by atoms with Gasteiger partial charge >= 0.3 is 6.09 Å². The van der Waals surface area contributed by atoms with Gasteiger partial charge in [-0.1, -0.05) is 54.6 Å². The van der Waals surface area contributed by atoms with E-state index in [4.69, 9.17) is 9.47 Å². The van der Waals surface area contributed by atoms with Gasteiger partial charge in [-0.05, 0) is 81.7 Å². The molecule has 0 unspecified atom stereocenters. The van der Waals surface area contributed by atoms with Crippen molar-refractivity contribution in [3.05, 3.63) is 96.9 Å². The van der Waals surface area contributed by atoms with Gasteiger partial charge in [0.15, 0.2) is 11.4 Å². The topological polar surface area (TPSA) is 67.9 Å². The lowest BCUT2D eigenvalue weighted by molar-refractivity contribution is -0.124. The van der Waals surface area contributed by atoms with Crippen LogP contribution in [0.25, 0.3) is 11.1 Å². The second-order valence-corrected chi connectivity index (χ2v) is 11.6. The number of benzene rings is 3. The number of hydrogen-bond acceptors (Lipinski definition) is 5. The summed E-state index contributed by atoms with van der Waals surface area (Å²) in [6.07, 6.45) is 0.292. The van der Waals surface area contributed by atoms with Crippen molar-refractivity contribution >= 4 is 29.4 Å². The summed E-state index contributed by atoms with van der Waals surface area (Å²) < 4.78 is 10.9. The molecule has 0 spiro atoms. The van der Waals surface area contributed by atoms with Crippen molar-refractivity contribution in [3.63, 3.8) is 0 Å². The summed E-state index contributed by atoms with van der Waals surface area (Å²) in [6.45, 7) is 10.7. The van der Waals surface area contributed by atoms with Crippen molar-refractivity contribution in [1.82, 2.24) is 4.90 Å². The summed E-state index contributed by atoms with van der Waals surface area (Å²) in [5.74, 6) is 0.665. The Hall–Kier alpha value is -3.71. The third-order valence-corrected chi connectivity index (χ3v) is 7.17. The largest absolute Gasteiger partial charge is 0.476 e. The lowest BCUT2D eigenvalue weighted by atomic mass is 10.0. The first-order valence-corrected chi connectivity index (χ1v) is 13.6. The van der Waals surface area contributed by atoms with Crippen LogP contribution in [0.15, 0.2) is 96.2 Å². The molecule has 0 bridgehead atoms. The van der Waals surface area contributed by atoms with Gasteiger partial charge in [0.2, 0.25) is 0 Å². The minimum atomic E-state index is -1.27. The highest BCUT2D eigenvalue weighted by molar-refractivity contribution is 7.99. The van der Waals surface area contributed by atoms with Crippen LogP contribution in [0.4, 0.5) is 10.5 Å². The number of rotatable bonds is 7. The van der Waals surface area contributed by atoms with E-state index < -0.39 is 17.2 Å². The van der Waals surface area contributed by atoms with Gasteiger partial charge in [-0.25, -0.2) is 9.69 Å². The molecule has 1 N–H and O–H groups in total. The molecule has 3 aromatic rings. The normalized spacial score (nSPS) is 17.2. The summed E-state index contributed by atoms with van der Waals surface area (Å²) in [5.41, 5.74) is 2.39. The fourth-order valence-corrected chi connectivity index (χ4v) is 4.99. The lowest BCUT2D eigenvalue weighted by Gasteiger charge is -2.32. The van der Waals surface area contributed by atoms with Crippen LogP contribution in [0.2, 0.25) is 0 Å². The molecule has 4 rings (SSSR count). The summed E-state index contributed by atoms with van der Waals surface area (Å²) >= 11 is 1.76. The number of aryl methyl sites for hydroxylation is 1. The molecule has 0 radical (unpaired) electrons. The number of amides is 2. The monoisotopic (exact) mass is 530 g/mol. The van der Waals surface area contributed by atoms with E-state index in [1.54, 1.807) is 39.5 Å². The quantitative estimate of drug-likeness (QED) is 0.329. The summed E-state index contributed by atoms with van der Waals surface area (Å²) in [6, 6.07) is 26.8. The van der Waals surface area contributed by atoms with Crippen LogP contribution in [0.1, 0.15) is 33.3 Å². The van der Waals surface area contributed by atoms with E-state index in [1.165, 1.54) is 21.6 Å². The van der Waals surface area contributed by atoms with E-state index in [9.17, 15) is 9.59 Å². The average molecular weight is 531 g/mol. The van der Waals surface area contributed by atoms with E-state index in [1.807, 2.05) is 30.3 Å². The molecule has 38 heavy (non-hydrogen) atoms. The predicted octanol–water partition coefficient (Wildman–Crippen LogP) is 7.12. The van der Waals surface area contributed by atoms with Gasteiger partial charge in [-0.15, -0.1) is 11.8 Å². The van der Waals surface area contributed by atoms with E-state index in [0.29, 0.717) is 5.69 Å². The average Bonchev–Trinajstić information content (AvgIpc) is 3.20. The summed E-state index contributed by atoms with van der Waals surface area (Å²) in [5, 5.41) is 2.90. The van der Waals surface area contributed by atoms with Crippen molar-refractivity contribution in [3.8, 4) is 11.1 Å². The van der Waals surface area contributed by atoms with Gasteiger partial charge in [-0.3, -0.25) is 4.79 Å². The zero-order chi connectivity index (χ0) is 27.3. The minimum Gasteiger partial charge on any atom is -0.476 e. The van der Waals surface area contributed by atoms with Crippen molar-refractivity contribution in [1.29, 1.82) is 0 Å². The van der Waals surface area contributed by atoms with Gasteiger partial charge < -0.3 is 14.8 Å². The van der Waals surface area contributed by atoms with Crippen LogP contribution in [0.3, 0.4) is 0 Å². The van der Waals surface area contributed by atoms with Crippen molar-refractivity contribution < 1.29 is 19.1 Å². The number of nitrogens with zero attached hydrogens (tertiary/aromatic N) is 1. The highest BCUT2D eigenvalue weighted by Crippen LogP contribution is 2.32. The molecule has 1 aliphatic rings. The van der Waals surface area contributed by atoms with Crippen LogP contribution in [0, 0.1) is 0 Å². The van der Waals surface area contributed by atoms with Crippen LogP contribution >= 0.6 is 11.8 Å². The first-order valence-electron chi connectivity index (χ1n) is 12.6. The molecule has 0 aliphatic carbocycles. The predicted molar refractivity (Wildman–Crippen MR) is 153 cm³/mol. The second-order valence-electron chi connectivity index (χ2n) is 10.4. The highest BCUT2D eigenvalue weighted by Gasteiger charge is 2.51. The molecule has 6 nitrogen and oxygen atoms in total. The number of thioether (sulfide) groups is 1. The number of nitrogens with one attached hydrogen (secondary N) is 1. The van der Waals surface area contributed by atoms with Gasteiger partial charge in [-0.2, -0.15) is 0 Å². The van der Waals surface area contributed by atoms with E-state index >= 15 is 0 Å². The molecule has 0 saturated carbocycles. The second kappa shape index (κ2) is 11.4. The first-order chi connectivity index (χ1) is 18.0. The number of carbonyl (C=O) groups is 2. The maximum atomic E-state index is 13.2. The Balaban J connectivity index is 1.30. The van der Waals surface area contributed by atoms with Gasteiger partial charge in [0.1, 0.15) is 12.2 Å². The van der Waals surface area contributed by atoms with Gasteiger partial charge in [0, 0.05) is 16.3 Å².